The van der Waals surface area contributed by atoms with Gasteiger partial charge in [0.25, 0.3) is 5.91 Å². The van der Waals surface area contributed by atoms with E-state index in [1.807, 2.05) is 18.2 Å². The van der Waals surface area contributed by atoms with Crippen LogP contribution in [0, 0.1) is 0 Å². The summed E-state index contributed by atoms with van der Waals surface area (Å²) in [5, 5.41) is 6.14. The maximum atomic E-state index is 11.5. The Morgan fingerprint density at radius 3 is 2.86 bits per heavy atom. The summed E-state index contributed by atoms with van der Waals surface area (Å²) in [6, 6.07) is 8.09. The summed E-state index contributed by atoms with van der Waals surface area (Å²) in [5.74, 6) is 0.564. The molecule has 0 bridgehead atoms. The molecule has 1 unspecified atom stereocenters. The summed E-state index contributed by atoms with van der Waals surface area (Å²) >= 11 is 0. The van der Waals surface area contributed by atoms with Gasteiger partial charge in [-0.2, -0.15) is 0 Å². The molecule has 118 valence electrons. The highest BCUT2D eigenvalue weighted by atomic mass is 16.5. The second-order valence-corrected chi connectivity index (χ2v) is 4.88. The van der Waals surface area contributed by atoms with Gasteiger partial charge in [-0.15, -0.1) is 0 Å². The van der Waals surface area contributed by atoms with Crippen molar-refractivity contribution < 1.29 is 14.3 Å². The van der Waals surface area contributed by atoms with Crippen molar-refractivity contribution >= 4 is 5.91 Å². The highest BCUT2D eigenvalue weighted by Gasteiger charge is 2.06. The molecular formula is C16H26N2O3. The zero-order valence-electron chi connectivity index (χ0n) is 13.1. The SMILES string of the molecule is CCCNC(C)c1cccc(OCC(=O)NCCOC)c1. The molecule has 0 heterocycles. The van der Waals surface area contributed by atoms with Crippen molar-refractivity contribution in [2.45, 2.75) is 26.3 Å². The lowest BCUT2D eigenvalue weighted by Gasteiger charge is -2.15. The monoisotopic (exact) mass is 294 g/mol. The lowest BCUT2D eigenvalue weighted by Crippen LogP contribution is -2.31. The first-order chi connectivity index (χ1) is 10.2. The van der Waals surface area contributed by atoms with E-state index in [0.29, 0.717) is 18.9 Å². The molecular weight excluding hydrogens is 268 g/mol. The Bertz CT molecular complexity index is 424. The van der Waals surface area contributed by atoms with Crippen LogP contribution in [0.3, 0.4) is 0 Å². The van der Waals surface area contributed by atoms with E-state index in [9.17, 15) is 4.79 Å². The van der Waals surface area contributed by atoms with E-state index in [-0.39, 0.29) is 18.6 Å². The van der Waals surface area contributed by atoms with E-state index in [0.717, 1.165) is 18.5 Å². The van der Waals surface area contributed by atoms with Crippen LogP contribution in [0.5, 0.6) is 5.75 Å². The molecule has 2 N–H and O–H groups in total. The zero-order valence-corrected chi connectivity index (χ0v) is 13.1. The molecule has 0 radical (unpaired) electrons. The Balaban J connectivity index is 2.43. The predicted molar refractivity (Wildman–Crippen MR) is 83.5 cm³/mol. The third-order valence-electron chi connectivity index (χ3n) is 3.06. The van der Waals surface area contributed by atoms with Crippen LogP contribution in [-0.2, 0) is 9.53 Å². The normalized spacial score (nSPS) is 12.0. The van der Waals surface area contributed by atoms with E-state index < -0.39 is 0 Å². The number of benzene rings is 1. The van der Waals surface area contributed by atoms with Gasteiger partial charge in [-0.1, -0.05) is 19.1 Å². The van der Waals surface area contributed by atoms with Crippen molar-refractivity contribution in [1.82, 2.24) is 10.6 Å². The van der Waals surface area contributed by atoms with E-state index >= 15 is 0 Å². The van der Waals surface area contributed by atoms with Crippen molar-refractivity contribution in [2.24, 2.45) is 0 Å². The van der Waals surface area contributed by atoms with Crippen molar-refractivity contribution in [3.8, 4) is 5.75 Å². The molecule has 0 saturated heterocycles. The fourth-order valence-corrected chi connectivity index (χ4v) is 1.84. The van der Waals surface area contributed by atoms with Crippen LogP contribution in [0.15, 0.2) is 24.3 Å². The Kier molecular flexibility index (Phi) is 8.47. The number of carbonyl (C=O) groups is 1. The molecule has 0 fully saturated rings. The van der Waals surface area contributed by atoms with Gasteiger partial charge in [0.2, 0.25) is 0 Å². The van der Waals surface area contributed by atoms with Gasteiger partial charge in [0.05, 0.1) is 6.61 Å². The average molecular weight is 294 g/mol. The van der Waals surface area contributed by atoms with Gasteiger partial charge >= 0.3 is 0 Å². The fraction of sp³-hybridized carbons (Fsp3) is 0.562. The van der Waals surface area contributed by atoms with Gasteiger partial charge in [0.1, 0.15) is 5.75 Å². The second kappa shape index (κ2) is 10.2. The molecule has 0 aliphatic heterocycles. The Labute approximate surface area is 127 Å². The van der Waals surface area contributed by atoms with E-state index in [1.54, 1.807) is 7.11 Å². The molecule has 1 aromatic carbocycles. The topological polar surface area (TPSA) is 59.6 Å². The molecule has 0 aromatic heterocycles. The number of carbonyl (C=O) groups excluding carboxylic acids is 1. The van der Waals surface area contributed by atoms with Gasteiger partial charge in [-0.3, -0.25) is 4.79 Å². The lowest BCUT2D eigenvalue weighted by atomic mass is 10.1. The average Bonchev–Trinajstić information content (AvgIpc) is 2.51. The summed E-state index contributed by atoms with van der Waals surface area (Å²) < 4.78 is 10.4. The molecule has 1 aromatic rings. The standard InChI is InChI=1S/C16H26N2O3/c1-4-8-17-13(2)14-6-5-7-15(11-14)21-12-16(19)18-9-10-20-3/h5-7,11,13,17H,4,8-10,12H2,1-3H3,(H,18,19). The number of nitrogens with one attached hydrogen (secondary N) is 2. The zero-order chi connectivity index (χ0) is 15.5. The van der Waals surface area contributed by atoms with Crippen molar-refractivity contribution in [2.75, 3.05) is 33.4 Å². The number of hydrogen-bond donors (Lipinski definition) is 2. The van der Waals surface area contributed by atoms with Gasteiger partial charge in [0, 0.05) is 19.7 Å². The molecule has 21 heavy (non-hydrogen) atoms. The first kappa shape index (κ1) is 17.5. The van der Waals surface area contributed by atoms with Gasteiger partial charge < -0.3 is 20.1 Å². The lowest BCUT2D eigenvalue weighted by molar-refractivity contribution is -0.123. The number of hydrogen-bond acceptors (Lipinski definition) is 4. The van der Waals surface area contributed by atoms with Crippen LogP contribution in [-0.4, -0.2) is 39.3 Å². The van der Waals surface area contributed by atoms with E-state index in [2.05, 4.69) is 30.5 Å². The molecule has 1 rings (SSSR count). The van der Waals surface area contributed by atoms with Gasteiger partial charge in [0.15, 0.2) is 6.61 Å². The van der Waals surface area contributed by atoms with Crippen LogP contribution < -0.4 is 15.4 Å². The maximum absolute atomic E-state index is 11.5. The number of ether oxygens (including phenoxy) is 2. The highest BCUT2D eigenvalue weighted by Crippen LogP contribution is 2.19. The Morgan fingerprint density at radius 1 is 1.33 bits per heavy atom. The first-order valence-electron chi connectivity index (χ1n) is 7.39. The minimum absolute atomic E-state index is 0.0178. The summed E-state index contributed by atoms with van der Waals surface area (Å²) in [4.78, 5) is 11.5. The molecule has 5 nitrogen and oxygen atoms in total. The molecule has 0 aliphatic rings. The van der Waals surface area contributed by atoms with E-state index in [1.165, 1.54) is 0 Å². The maximum Gasteiger partial charge on any atom is 0.258 e. The van der Waals surface area contributed by atoms with Gasteiger partial charge in [-0.05, 0) is 37.6 Å². The number of rotatable bonds is 10. The predicted octanol–water partition coefficient (Wildman–Crippen LogP) is 1.89. The van der Waals surface area contributed by atoms with Crippen molar-refractivity contribution in [3.05, 3.63) is 29.8 Å². The van der Waals surface area contributed by atoms with E-state index in [4.69, 9.17) is 9.47 Å². The molecule has 0 aliphatic carbocycles. The Morgan fingerprint density at radius 2 is 2.14 bits per heavy atom. The third-order valence-corrected chi connectivity index (χ3v) is 3.06. The summed E-state index contributed by atoms with van der Waals surface area (Å²) in [6.07, 6.45) is 1.10. The number of amides is 1. The molecule has 0 spiro atoms. The van der Waals surface area contributed by atoms with Crippen LogP contribution in [0.2, 0.25) is 0 Å². The van der Waals surface area contributed by atoms with Crippen LogP contribution in [0.25, 0.3) is 0 Å². The minimum Gasteiger partial charge on any atom is -0.484 e. The smallest absolute Gasteiger partial charge is 0.258 e. The minimum atomic E-state index is -0.144. The van der Waals surface area contributed by atoms with Crippen LogP contribution >= 0.6 is 0 Å². The second-order valence-electron chi connectivity index (χ2n) is 4.88. The third kappa shape index (κ3) is 7.11. The molecule has 0 saturated carbocycles. The first-order valence-corrected chi connectivity index (χ1v) is 7.39. The van der Waals surface area contributed by atoms with Crippen molar-refractivity contribution in [1.29, 1.82) is 0 Å². The molecule has 5 heteroatoms. The molecule has 1 atom stereocenters. The summed E-state index contributed by atoms with van der Waals surface area (Å²) in [7, 11) is 1.60. The molecule has 1 amide bonds. The highest BCUT2D eigenvalue weighted by molar-refractivity contribution is 5.77. The summed E-state index contributed by atoms with van der Waals surface area (Å²) in [5.41, 5.74) is 1.15. The largest absolute Gasteiger partial charge is 0.484 e. The number of methoxy groups -OCH3 is 1. The van der Waals surface area contributed by atoms with Gasteiger partial charge in [-0.25, -0.2) is 0 Å². The summed E-state index contributed by atoms with van der Waals surface area (Å²) in [6.45, 7) is 6.25. The fourth-order valence-electron chi connectivity index (χ4n) is 1.84. The van der Waals surface area contributed by atoms with Crippen molar-refractivity contribution in [3.63, 3.8) is 0 Å². The van der Waals surface area contributed by atoms with Crippen LogP contribution in [0.1, 0.15) is 31.9 Å². The van der Waals surface area contributed by atoms with Crippen LogP contribution in [0.4, 0.5) is 0 Å². The Hall–Kier alpha value is -1.59. The quantitative estimate of drug-likeness (QED) is 0.647.